The number of benzene rings is 1. The number of phenols is 1. The second-order valence-electron chi connectivity index (χ2n) is 3.65. The summed E-state index contributed by atoms with van der Waals surface area (Å²) < 4.78 is 0.724. The average Bonchev–Trinajstić information content (AvgIpc) is 2.28. The van der Waals surface area contributed by atoms with Gasteiger partial charge in [0.2, 0.25) is 0 Å². The maximum atomic E-state index is 11.9. The lowest BCUT2D eigenvalue weighted by Gasteiger charge is -2.14. The van der Waals surface area contributed by atoms with Gasteiger partial charge in [0, 0.05) is 16.9 Å². The van der Waals surface area contributed by atoms with Crippen molar-refractivity contribution in [3.8, 4) is 18.1 Å². The molecule has 0 saturated carbocycles. The topological polar surface area (TPSA) is 49.3 Å². The molecule has 4 heteroatoms. The lowest BCUT2D eigenvalue weighted by Crippen LogP contribution is -2.34. The minimum Gasteiger partial charge on any atom is -0.507 e. The fourth-order valence-electron chi connectivity index (χ4n) is 1.40. The van der Waals surface area contributed by atoms with Crippen molar-refractivity contribution >= 4 is 21.8 Å². The Labute approximate surface area is 109 Å². The van der Waals surface area contributed by atoms with Crippen molar-refractivity contribution in [1.82, 2.24) is 5.32 Å². The third-order valence-corrected chi connectivity index (χ3v) is 2.89. The van der Waals surface area contributed by atoms with Gasteiger partial charge in [-0.15, -0.1) is 12.3 Å². The van der Waals surface area contributed by atoms with Crippen LogP contribution >= 0.6 is 15.9 Å². The minimum absolute atomic E-state index is 0.0487. The van der Waals surface area contributed by atoms with Crippen LogP contribution in [0.1, 0.15) is 30.1 Å². The van der Waals surface area contributed by atoms with Gasteiger partial charge < -0.3 is 10.4 Å². The molecule has 3 nitrogen and oxygen atoms in total. The van der Waals surface area contributed by atoms with Crippen LogP contribution in [0.4, 0.5) is 0 Å². The molecule has 0 aliphatic carbocycles. The van der Waals surface area contributed by atoms with Gasteiger partial charge in [0.15, 0.2) is 0 Å². The minimum atomic E-state index is -0.308. The number of aromatic hydroxyl groups is 1. The first-order valence-electron chi connectivity index (χ1n) is 5.31. The largest absolute Gasteiger partial charge is 0.507 e. The molecule has 0 fully saturated rings. The highest BCUT2D eigenvalue weighted by atomic mass is 79.9. The Balaban J connectivity index is 2.79. The summed E-state index contributed by atoms with van der Waals surface area (Å²) in [6.07, 6.45) is 6.46. The number of amides is 1. The molecule has 0 spiro atoms. The van der Waals surface area contributed by atoms with E-state index in [1.165, 1.54) is 6.07 Å². The first-order chi connectivity index (χ1) is 8.08. The van der Waals surface area contributed by atoms with Crippen LogP contribution in [0.15, 0.2) is 22.7 Å². The van der Waals surface area contributed by atoms with Gasteiger partial charge in [-0.25, -0.2) is 0 Å². The molecular formula is C13H14BrNO2. The smallest absolute Gasteiger partial charge is 0.255 e. The molecule has 0 radical (unpaired) electrons. The van der Waals surface area contributed by atoms with E-state index in [0.717, 1.165) is 10.9 Å². The summed E-state index contributed by atoms with van der Waals surface area (Å²) in [5.41, 5.74) is 0.253. The summed E-state index contributed by atoms with van der Waals surface area (Å²) in [5, 5.41) is 12.4. The quantitative estimate of drug-likeness (QED) is 0.839. The van der Waals surface area contributed by atoms with Crippen molar-refractivity contribution in [2.24, 2.45) is 0 Å². The SMILES string of the molecule is C#CCC(CC)NC(=O)c1ccc(Br)cc1O. The Morgan fingerprint density at radius 3 is 2.88 bits per heavy atom. The molecule has 1 rings (SSSR count). The lowest BCUT2D eigenvalue weighted by atomic mass is 10.1. The summed E-state index contributed by atoms with van der Waals surface area (Å²) in [4.78, 5) is 11.9. The predicted octanol–water partition coefficient (Wildman–Crippen LogP) is 2.69. The highest BCUT2D eigenvalue weighted by Crippen LogP contribution is 2.22. The molecular weight excluding hydrogens is 282 g/mol. The number of rotatable bonds is 4. The van der Waals surface area contributed by atoms with E-state index in [2.05, 4.69) is 27.2 Å². The van der Waals surface area contributed by atoms with Crippen LogP contribution in [0, 0.1) is 12.3 Å². The normalized spacial score (nSPS) is 11.6. The summed E-state index contributed by atoms with van der Waals surface area (Å²) >= 11 is 3.22. The second-order valence-corrected chi connectivity index (χ2v) is 4.56. The Kier molecular flexibility index (Phi) is 5.05. The van der Waals surface area contributed by atoms with Crippen molar-refractivity contribution in [2.45, 2.75) is 25.8 Å². The van der Waals surface area contributed by atoms with E-state index in [-0.39, 0.29) is 23.3 Å². The summed E-state index contributed by atoms with van der Waals surface area (Å²) in [5.74, 6) is 2.16. The van der Waals surface area contributed by atoms with Crippen LogP contribution in [0.2, 0.25) is 0 Å². The van der Waals surface area contributed by atoms with Crippen LogP contribution in [-0.2, 0) is 0 Å². The fourth-order valence-corrected chi connectivity index (χ4v) is 1.75. The zero-order valence-corrected chi connectivity index (χ0v) is 11.1. The van der Waals surface area contributed by atoms with E-state index in [4.69, 9.17) is 6.42 Å². The maximum Gasteiger partial charge on any atom is 0.255 e. The van der Waals surface area contributed by atoms with Crippen LogP contribution in [-0.4, -0.2) is 17.1 Å². The van der Waals surface area contributed by atoms with Gasteiger partial charge in [0.25, 0.3) is 5.91 Å². The molecule has 2 N–H and O–H groups in total. The highest BCUT2D eigenvalue weighted by molar-refractivity contribution is 9.10. The molecule has 0 bridgehead atoms. The van der Waals surface area contributed by atoms with Gasteiger partial charge in [-0.3, -0.25) is 4.79 Å². The number of hydrogen-bond acceptors (Lipinski definition) is 2. The van der Waals surface area contributed by atoms with Crippen LogP contribution in [0.5, 0.6) is 5.75 Å². The van der Waals surface area contributed by atoms with Crippen molar-refractivity contribution in [2.75, 3.05) is 0 Å². The number of phenolic OH excluding ortho intramolecular Hbond substituents is 1. The van der Waals surface area contributed by atoms with E-state index in [1.54, 1.807) is 12.1 Å². The molecule has 1 atom stereocenters. The van der Waals surface area contributed by atoms with Crippen LogP contribution in [0.25, 0.3) is 0 Å². The van der Waals surface area contributed by atoms with Crippen LogP contribution < -0.4 is 5.32 Å². The van der Waals surface area contributed by atoms with Crippen molar-refractivity contribution < 1.29 is 9.90 Å². The van der Waals surface area contributed by atoms with Crippen molar-refractivity contribution in [3.05, 3.63) is 28.2 Å². The molecule has 90 valence electrons. The van der Waals surface area contributed by atoms with Crippen molar-refractivity contribution in [1.29, 1.82) is 0 Å². The molecule has 1 amide bonds. The Bertz CT molecular complexity index is 451. The number of nitrogens with one attached hydrogen (secondary N) is 1. The first-order valence-corrected chi connectivity index (χ1v) is 6.10. The van der Waals surface area contributed by atoms with E-state index in [1.807, 2.05) is 6.92 Å². The Morgan fingerprint density at radius 1 is 1.65 bits per heavy atom. The zero-order chi connectivity index (χ0) is 12.8. The van der Waals surface area contributed by atoms with Gasteiger partial charge in [0.1, 0.15) is 5.75 Å². The zero-order valence-electron chi connectivity index (χ0n) is 9.53. The number of carbonyl (C=O) groups excluding carboxylic acids is 1. The number of carbonyl (C=O) groups is 1. The molecule has 0 heterocycles. The van der Waals surface area contributed by atoms with Crippen LogP contribution in [0.3, 0.4) is 0 Å². The van der Waals surface area contributed by atoms with Gasteiger partial charge >= 0.3 is 0 Å². The first kappa shape index (κ1) is 13.6. The Morgan fingerprint density at radius 2 is 2.35 bits per heavy atom. The summed E-state index contributed by atoms with van der Waals surface area (Å²) in [6.45, 7) is 1.95. The summed E-state index contributed by atoms with van der Waals surface area (Å²) in [7, 11) is 0. The number of halogens is 1. The van der Waals surface area contributed by atoms with Gasteiger partial charge in [0.05, 0.1) is 5.56 Å². The van der Waals surface area contributed by atoms with E-state index >= 15 is 0 Å². The third-order valence-electron chi connectivity index (χ3n) is 2.40. The number of hydrogen-bond donors (Lipinski definition) is 2. The van der Waals surface area contributed by atoms with E-state index < -0.39 is 0 Å². The monoisotopic (exact) mass is 295 g/mol. The average molecular weight is 296 g/mol. The van der Waals surface area contributed by atoms with Crippen molar-refractivity contribution in [3.63, 3.8) is 0 Å². The lowest BCUT2D eigenvalue weighted by molar-refractivity contribution is 0.0934. The molecule has 17 heavy (non-hydrogen) atoms. The molecule has 1 aromatic carbocycles. The van der Waals surface area contributed by atoms with Gasteiger partial charge in [-0.05, 0) is 24.6 Å². The van der Waals surface area contributed by atoms with Gasteiger partial charge in [-0.2, -0.15) is 0 Å². The fraction of sp³-hybridized carbons (Fsp3) is 0.308. The molecule has 0 aliphatic rings. The number of terminal acetylenes is 1. The molecule has 0 saturated heterocycles. The molecule has 1 unspecified atom stereocenters. The molecule has 0 aliphatic heterocycles. The third kappa shape index (κ3) is 3.79. The molecule has 1 aromatic rings. The summed E-state index contributed by atoms with van der Waals surface area (Å²) in [6, 6.07) is 4.70. The highest BCUT2D eigenvalue weighted by Gasteiger charge is 2.14. The standard InChI is InChI=1S/C13H14BrNO2/c1-3-5-10(4-2)15-13(17)11-7-6-9(14)8-12(11)16/h1,6-8,10,16H,4-5H2,2H3,(H,15,17). The Hall–Kier alpha value is -1.47. The van der Waals surface area contributed by atoms with Gasteiger partial charge in [-0.1, -0.05) is 22.9 Å². The predicted molar refractivity (Wildman–Crippen MR) is 70.8 cm³/mol. The second kappa shape index (κ2) is 6.31. The maximum absolute atomic E-state index is 11.9. The molecule has 0 aromatic heterocycles. The van der Waals surface area contributed by atoms with E-state index in [9.17, 15) is 9.90 Å². The van der Waals surface area contributed by atoms with E-state index in [0.29, 0.717) is 6.42 Å².